The molecule has 268 valence electrons. The zero-order valence-corrected chi connectivity index (χ0v) is 30.9. The monoisotopic (exact) mass is 793 g/mol. The van der Waals surface area contributed by atoms with Crippen molar-refractivity contribution in [3.8, 4) is 0 Å². The highest BCUT2D eigenvalue weighted by Gasteiger charge is 2.82. The van der Waals surface area contributed by atoms with Gasteiger partial charge in [0.15, 0.2) is 17.5 Å². The maximum Gasteiger partial charge on any atom is 0.407 e. The second kappa shape index (κ2) is 14.2. The number of amides is 2. The van der Waals surface area contributed by atoms with Crippen molar-refractivity contribution in [1.29, 1.82) is 0 Å². The van der Waals surface area contributed by atoms with Crippen LogP contribution in [0.4, 0.5) is 10.5 Å². The molecule has 1 aromatic rings. The van der Waals surface area contributed by atoms with E-state index < -0.39 is 69.7 Å². The summed E-state index contributed by atoms with van der Waals surface area (Å²) in [7, 11) is 0. The van der Waals surface area contributed by atoms with Crippen molar-refractivity contribution in [2.24, 2.45) is 21.9 Å². The topological polar surface area (TPSA) is 209 Å². The lowest BCUT2D eigenvalue weighted by atomic mass is 9.39. The summed E-state index contributed by atoms with van der Waals surface area (Å²) in [4.78, 5) is 55.4. The summed E-state index contributed by atoms with van der Waals surface area (Å²) >= 11 is 2.06. The normalized spacial score (nSPS) is 34.7. The molecule has 0 unspecified atom stereocenters. The molecule has 4 rings (SSSR count). The molecule has 2 saturated carbocycles. The zero-order valence-electron chi connectivity index (χ0n) is 28.7. The third kappa shape index (κ3) is 6.92. The zero-order chi connectivity index (χ0) is 36.6. The number of aryl methyl sites for hydroxylation is 1. The minimum Gasteiger partial charge on any atom is -0.455 e. The molecular formula is C34H46IN5O9. The number of benzene rings is 1. The summed E-state index contributed by atoms with van der Waals surface area (Å²) < 4.78 is 19.1. The van der Waals surface area contributed by atoms with Crippen LogP contribution in [0.15, 0.2) is 36.0 Å². The fourth-order valence-electron chi connectivity index (χ4n) is 8.46. The minimum absolute atomic E-state index is 0.00691. The highest BCUT2D eigenvalue weighted by molar-refractivity contribution is 14.1. The predicted octanol–water partition coefficient (Wildman–Crippen LogP) is 4.55. The molecule has 1 aromatic carbocycles. The predicted molar refractivity (Wildman–Crippen MR) is 186 cm³/mol. The van der Waals surface area contributed by atoms with Crippen LogP contribution in [-0.4, -0.2) is 82.2 Å². The molecule has 0 aromatic heterocycles. The average molecular weight is 794 g/mol. The Labute approximate surface area is 299 Å². The molecular weight excluding hydrogens is 747 g/mol. The van der Waals surface area contributed by atoms with Crippen molar-refractivity contribution in [3.63, 3.8) is 0 Å². The van der Waals surface area contributed by atoms with Crippen molar-refractivity contribution in [2.45, 2.75) is 109 Å². The summed E-state index contributed by atoms with van der Waals surface area (Å²) in [5.74, 6) is -2.44. The molecule has 1 saturated heterocycles. The van der Waals surface area contributed by atoms with Crippen LogP contribution in [0.1, 0.15) is 72.8 Å². The fraction of sp³-hybridized carbons (Fsp3) is 0.647. The highest BCUT2D eigenvalue weighted by atomic mass is 125. The van der Waals surface area contributed by atoms with Crippen LogP contribution in [0, 0.1) is 20.3 Å². The molecule has 15 heteroatoms. The first kappa shape index (κ1) is 38.6. The number of azide groups is 1. The maximum atomic E-state index is 14.1. The number of Topliss-reactive ketones (excluding diaryl/α,β-unsaturated/α-hetero) is 1. The van der Waals surface area contributed by atoms with Gasteiger partial charge in [-0.25, -0.2) is 4.79 Å². The third-order valence-electron chi connectivity index (χ3n) is 10.8. The Morgan fingerprint density at radius 3 is 2.47 bits per heavy atom. The van der Waals surface area contributed by atoms with Gasteiger partial charge in [0.1, 0.15) is 11.7 Å². The summed E-state index contributed by atoms with van der Waals surface area (Å²) in [6, 6.07) is 5.32. The van der Waals surface area contributed by atoms with E-state index in [2.05, 4.69) is 49.8 Å². The Bertz CT molecular complexity index is 1570. The first-order chi connectivity index (χ1) is 22.8. The second-order valence-electron chi connectivity index (χ2n) is 14.5. The minimum atomic E-state index is -2.34. The molecule has 0 radical (unpaired) electrons. The van der Waals surface area contributed by atoms with Crippen LogP contribution in [0.3, 0.4) is 0 Å². The molecule has 8 atom stereocenters. The molecule has 4 N–H and O–H groups in total. The van der Waals surface area contributed by atoms with E-state index >= 15 is 0 Å². The van der Waals surface area contributed by atoms with E-state index in [1.165, 1.54) is 19.9 Å². The Balaban J connectivity index is 1.52. The van der Waals surface area contributed by atoms with E-state index in [0.29, 0.717) is 18.5 Å². The smallest absolute Gasteiger partial charge is 0.407 e. The van der Waals surface area contributed by atoms with E-state index in [-0.39, 0.29) is 38.3 Å². The number of alkyl carbamates (subject to hydrolysis) is 1. The lowest BCUT2D eigenvalue weighted by Gasteiger charge is -2.71. The first-order valence-corrected chi connectivity index (χ1v) is 17.4. The van der Waals surface area contributed by atoms with Crippen molar-refractivity contribution in [2.75, 3.05) is 13.1 Å². The van der Waals surface area contributed by atoms with Gasteiger partial charge in [0.2, 0.25) is 5.91 Å². The van der Waals surface area contributed by atoms with E-state index in [0.717, 1.165) is 9.13 Å². The quantitative estimate of drug-likeness (QED) is 0.0498. The van der Waals surface area contributed by atoms with E-state index in [9.17, 15) is 29.4 Å². The van der Waals surface area contributed by atoms with E-state index in [4.69, 9.17) is 19.7 Å². The van der Waals surface area contributed by atoms with Gasteiger partial charge in [-0.05, 0) is 78.3 Å². The number of esters is 1. The summed E-state index contributed by atoms with van der Waals surface area (Å²) in [5, 5.41) is 33.3. The van der Waals surface area contributed by atoms with Gasteiger partial charge in [-0.15, -0.1) is 6.58 Å². The SMILES string of the molecule is C=C[C@@]1(C)CC(=O)[C@]2(O)[C@@]3(C)[C@@H](O)CCC(C)(C)[C@@H]3[C@H](OC(=O)NCCNC(=O)CCc3ccc(N=[N+]=[N-])c([125I])c3)[C@H](OC(C)=O)[C@@]2(C)O1. The number of hydrogen-bond acceptors (Lipinski definition) is 10. The first-order valence-electron chi connectivity index (χ1n) is 16.3. The number of hydrogen-bond donors (Lipinski definition) is 4. The molecule has 2 aliphatic carbocycles. The molecule has 14 nitrogen and oxygen atoms in total. The van der Waals surface area contributed by atoms with Gasteiger partial charge in [-0.2, -0.15) is 0 Å². The van der Waals surface area contributed by atoms with Gasteiger partial charge < -0.3 is 35.1 Å². The Morgan fingerprint density at radius 2 is 1.86 bits per heavy atom. The number of nitrogens with zero attached hydrogens (tertiary/aromatic N) is 3. The number of ether oxygens (including phenoxy) is 3. The summed E-state index contributed by atoms with van der Waals surface area (Å²) in [5.41, 5.74) is 2.21. The highest BCUT2D eigenvalue weighted by Crippen LogP contribution is 2.67. The van der Waals surface area contributed by atoms with Crippen molar-refractivity contribution >= 4 is 52.0 Å². The molecule has 3 aliphatic rings. The van der Waals surface area contributed by atoms with Crippen molar-refractivity contribution < 1.29 is 43.6 Å². The number of nitrogens with one attached hydrogen (secondary N) is 2. The number of ketones is 1. The number of carbonyl (C=O) groups excluding carboxylic acids is 4. The van der Waals surface area contributed by atoms with Gasteiger partial charge in [-0.1, -0.05) is 44.1 Å². The number of fused-ring (bicyclic) bond motifs is 3. The van der Waals surface area contributed by atoms with Crippen LogP contribution in [0.25, 0.3) is 10.4 Å². The van der Waals surface area contributed by atoms with Crippen LogP contribution in [-0.2, 0) is 35.0 Å². The van der Waals surface area contributed by atoms with Gasteiger partial charge in [0.25, 0.3) is 0 Å². The third-order valence-corrected chi connectivity index (χ3v) is 11.6. The van der Waals surface area contributed by atoms with Crippen LogP contribution in [0.5, 0.6) is 0 Å². The number of aliphatic hydroxyl groups excluding tert-OH is 1. The van der Waals surface area contributed by atoms with Gasteiger partial charge in [0.05, 0.1) is 17.4 Å². The fourth-order valence-corrected chi connectivity index (χ4v) is 9.14. The van der Waals surface area contributed by atoms with Crippen LogP contribution < -0.4 is 10.6 Å². The van der Waals surface area contributed by atoms with Crippen molar-refractivity contribution in [1.82, 2.24) is 10.6 Å². The van der Waals surface area contributed by atoms with Gasteiger partial charge in [0, 0.05) is 52.7 Å². The molecule has 1 heterocycles. The summed E-state index contributed by atoms with van der Waals surface area (Å²) in [6.45, 7) is 13.6. The molecule has 3 fully saturated rings. The maximum absolute atomic E-state index is 14.1. The molecule has 49 heavy (non-hydrogen) atoms. The van der Waals surface area contributed by atoms with Crippen LogP contribution >= 0.6 is 22.6 Å². The van der Waals surface area contributed by atoms with Gasteiger partial charge in [-0.3, -0.25) is 14.4 Å². The largest absolute Gasteiger partial charge is 0.455 e. The Morgan fingerprint density at radius 1 is 1.18 bits per heavy atom. The number of halogens is 1. The Hall–Kier alpha value is -3.24. The lowest BCUT2D eigenvalue weighted by Crippen LogP contribution is -2.87. The average Bonchev–Trinajstić information content (AvgIpc) is 3.01. The second-order valence-corrected chi connectivity index (χ2v) is 15.7. The number of aliphatic hydroxyl groups is 2. The van der Waals surface area contributed by atoms with Crippen molar-refractivity contribution in [3.05, 3.63) is 50.4 Å². The summed E-state index contributed by atoms with van der Waals surface area (Å²) in [6.07, 6.45) is -2.19. The standard InChI is InChI=1S/C34H46IN5O9/c1-8-31(5)18-24(43)34(46)32(6)23(42)13-14-30(3,4)27(32)26(28(47-19(2)41)33(34,7)49-31)48-29(45)38-16-15-37-25(44)12-10-20-9-11-22(39-40-36)21(35)17-20/h8-9,11,17,23,26-28,42,46H,1,10,12-16,18H2,2-7H3,(H,37,44)(H,38,45)/t23-,26-,27-,28-,31-,32-,33+,34-/m0/s1/i35-2. The molecule has 1 aliphatic heterocycles. The number of carbonyl (C=O) groups is 4. The van der Waals surface area contributed by atoms with E-state index in [1.54, 1.807) is 26.0 Å². The molecule has 0 spiro atoms. The molecule has 0 bridgehead atoms. The lowest BCUT2D eigenvalue weighted by molar-refractivity contribution is -0.369. The van der Waals surface area contributed by atoms with Gasteiger partial charge >= 0.3 is 12.1 Å². The van der Waals surface area contributed by atoms with Crippen LogP contribution in [0.2, 0.25) is 0 Å². The van der Waals surface area contributed by atoms with E-state index in [1.807, 2.05) is 19.9 Å². The molecule has 2 amide bonds. The Kier molecular flexibility index (Phi) is 11.2. The number of rotatable bonds is 10.